The number of aromatic amines is 2. The van der Waals surface area contributed by atoms with Gasteiger partial charge >= 0.3 is 0 Å². The van der Waals surface area contributed by atoms with Gasteiger partial charge in [0.1, 0.15) is 5.69 Å². The van der Waals surface area contributed by atoms with Crippen molar-refractivity contribution < 1.29 is 13.6 Å². The molecule has 148 valence electrons. The molecule has 0 atom stereocenters. The lowest BCUT2D eigenvalue weighted by Crippen LogP contribution is -2.31. The quantitative estimate of drug-likeness (QED) is 0.463. The lowest BCUT2D eigenvalue weighted by Gasteiger charge is -2.27. The van der Waals surface area contributed by atoms with Gasteiger partial charge < -0.3 is 10.3 Å². The summed E-state index contributed by atoms with van der Waals surface area (Å²) in [4.78, 5) is 20.4. The molecule has 0 spiro atoms. The van der Waals surface area contributed by atoms with Crippen LogP contribution in [0.4, 0.5) is 14.5 Å². The summed E-state index contributed by atoms with van der Waals surface area (Å²) in [6, 6.07) is 13.2. The minimum atomic E-state index is -2.64. The van der Waals surface area contributed by atoms with Gasteiger partial charge in [0, 0.05) is 29.8 Å². The van der Waals surface area contributed by atoms with Crippen LogP contribution in [-0.4, -0.2) is 32.0 Å². The zero-order valence-electron chi connectivity index (χ0n) is 15.5. The van der Waals surface area contributed by atoms with Crippen LogP contribution in [0.3, 0.4) is 0 Å². The highest BCUT2D eigenvalue weighted by Crippen LogP contribution is 2.37. The fourth-order valence-corrected chi connectivity index (χ4v) is 3.88. The Kier molecular flexibility index (Phi) is 4.08. The number of anilines is 1. The molecule has 29 heavy (non-hydrogen) atoms. The van der Waals surface area contributed by atoms with Crippen molar-refractivity contribution in [2.24, 2.45) is 5.92 Å². The van der Waals surface area contributed by atoms with Crippen LogP contribution in [-0.2, 0) is 4.79 Å². The number of carbonyl (C=O) groups is 1. The Morgan fingerprint density at radius 2 is 1.90 bits per heavy atom. The van der Waals surface area contributed by atoms with Crippen molar-refractivity contribution in [3.05, 3.63) is 42.5 Å². The molecule has 8 heteroatoms. The number of rotatable bonds is 3. The van der Waals surface area contributed by atoms with Gasteiger partial charge in [-0.1, -0.05) is 12.1 Å². The van der Waals surface area contributed by atoms with E-state index in [0.717, 1.165) is 21.9 Å². The van der Waals surface area contributed by atoms with Crippen LogP contribution < -0.4 is 5.32 Å². The van der Waals surface area contributed by atoms with Gasteiger partial charge in [-0.3, -0.25) is 9.89 Å². The average Bonchev–Trinajstić information content (AvgIpc) is 3.31. The number of hydrogen-bond acceptors (Lipinski definition) is 3. The Hall–Kier alpha value is -3.29. The number of benzene rings is 2. The Morgan fingerprint density at radius 3 is 2.69 bits per heavy atom. The van der Waals surface area contributed by atoms with Crippen LogP contribution >= 0.6 is 0 Å². The maximum Gasteiger partial charge on any atom is 0.248 e. The number of nitrogens with zero attached hydrogens (tertiary/aromatic N) is 2. The third-order valence-corrected chi connectivity index (χ3v) is 5.53. The van der Waals surface area contributed by atoms with E-state index in [1.807, 2.05) is 36.4 Å². The fraction of sp³-hybridized carbons (Fsp3) is 0.286. The summed E-state index contributed by atoms with van der Waals surface area (Å²) in [5.74, 6) is -2.61. The van der Waals surface area contributed by atoms with E-state index in [4.69, 9.17) is 0 Å². The van der Waals surface area contributed by atoms with E-state index in [1.165, 1.54) is 0 Å². The first kappa shape index (κ1) is 17.8. The van der Waals surface area contributed by atoms with E-state index in [-0.39, 0.29) is 37.5 Å². The first-order valence-electron chi connectivity index (χ1n) is 9.60. The number of halogens is 2. The number of nitrogens with one attached hydrogen (secondary N) is 3. The number of alkyl halides is 2. The summed E-state index contributed by atoms with van der Waals surface area (Å²) in [6.45, 7) is 0. The molecule has 4 aromatic rings. The minimum Gasteiger partial charge on any atom is -0.337 e. The number of fused-ring (bicyclic) bond motifs is 2. The van der Waals surface area contributed by atoms with Crippen molar-refractivity contribution in [2.45, 2.75) is 31.6 Å². The largest absolute Gasteiger partial charge is 0.337 e. The summed E-state index contributed by atoms with van der Waals surface area (Å²) >= 11 is 0. The maximum absolute atomic E-state index is 13.3. The van der Waals surface area contributed by atoms with Crippen LogP contribution in [0.15, 0.2) is 42.5 Å². The summed E-state index contributed by atoms with van der Waals surface area (Å²) in [5, 5.41) is 11.0. The topological polar surface area (TPSA) is 86.5 Å². The summed E-state index contributed by atoms with van der Waals surface area (Å²) in [7, 11) is 0. The smallest absolute Gasteiger partial charge is 0.248 e. The van der Waals surface area contributed by atoms with E-state index in [0.29, 0.717) is 17.2 Å². The zero-order valence-corrected chi connectivity index (χ0v) is 15.5. The number of hydrogen-bond donors (Lipinski definition) is 3. The SMILES string of the molecule is O=C(Nc1ccc2[nH]nc(-c3nc4ccccc4[nH]3)c2c1)C1CCC(F)(F)CC1. The van der Waals surface area contributed by atoms with Gasteiger partial charge in [-0.15, -0.1) is 0 Å². The molecule has 0 unspecified atom stereocenters. The molecular weight excluding hydrogens is 376 g/mol. The molecule has 0 bridgehead atoms. The number of amides is 1. The van der Waals surface area contributed by atoms with Crippen LogP contribution in [0.2, 0.25) is 0 Å². The lowest BCUT2D eigenvalue weighted by molar-refractivity contribution is -0.124. The molecule has 0 saturated heterocycles. The molecule has 6 nitrogen and oxygen atoms in total. The second-order valence-electron chi connectivity index (χ2n) is 7.55. The molecule has 2 aromatic carbocycles. The van der Waals surface area contributed by atoms with Gasteiger partial charge in [0.05, 0.1) is 16.6 Å². The van der Waals surface area contributed by atoms with Gasteiger partial charge in [-0.05, 0) is 43.2 Å². The Morgan fingerprint density at radius 1 is 1.10 bits per heavy atom. The van der Waals surface area contributed by atoms with Crippen LogP contribution in [0.25, 0.3) is 33.5 Å². The molecule has 0 aliphatic heterocycles. The lowest BCUT2D eigenvalue weighted by atomic mass is 9.86. The highest BCUT2D eigenvalue weighted by atomic mass is 19.3. The maximum atomic E-state index is 13.3. The third kappa shape index (κ3) is 3.35. The predicted molar refractivity (Wildman–Crippen MR) is 107 cm³/mol. The van der Waals surface area contributed by atoms with Crippen LogP contribution in [0.5, 0.6) is 0 Å². The molecule has 1 aliphatic carbocycles. The van der Waals surface area contributed by atoms with E-state index in [9.17, 15) is 13.6 Å². The molecular formula is C21H19F2N5O. The number of carbonyl (C=O) groups excluding carboxylic acids is 1. The number of imidazole rings is 1. The second-order valence-corrected chi connectivity index (χ2v) is 7.55. The Bertz CT molecular complexity index is 1170. The molecule has 3 N–H and O–H groups in total. The van der Waals surface area contributed by atoms with Crippen molar-refractivity contribution in [3.8, 4) is 11.5 Å². The highest BCUT2D eigenvalue weighted by molar-refractivity contribution is 5.98. The first-order chi connectivity index (χ1) is 14.0. The molecule has 2 aromatic heterocycles. The van der Waals surface area contributed by atoms with Gasteiger partial charge in [0.2, 0.25) is 11.8 Å². The van der Waals surface area contributed by atoms with Gasteiger partial charge in [0.15, 0.2) is 5.82 Å². The number of H-pyrrole nitrogens is 2. The van der Waals surface area contributed by atoms with Gasteiger partial charge in [-0.2, -0.15) is 5.10 Å². The standard InChI is InChI=1S/C21H19F2N5O/c22-21(23)9-7-12(8-10-21)20(29)24-13-5-6-15-14(11-13)18(28-27-15)19-25-16-3-1-2-4-17(16)26-19/h1-6,11-12H,7-10H2,(H,24,29)(H,25,26)(H,27,28). The Labute approximate surface area is 164 Å². The number of para-hydroxylation sites is 2. The minimum absolute atomic E-state index is 0.205. The summed E-state index contributed by atoms with van der Waals surface area (Å²) in [5.41, 5.74) is 3.84. The van der Waals surface area contributed by atoms with E-state index >= 15 is 0 Å². The van der Waals surface area contributed by atoms with Crippen molar-refractivity contribution in [1.82, 2.24) is 20.2 Å². The Balaban J connectivity index is 1.41. The molecule has 5 rings (SSSR count). The van der Waals surface area contributed by atoms with Crippen molar-refractivity contribution in [1.29, 1.82) is 0 Å². The summed E-state index contributed by atoms with van der Waals surface area (Å²) in [6.07, 6.45) is -0.0574. The van der Waals surface area contributed by atoms with Crippen molar-refractivity contribution in [2.75, 3.05) is 5.32 Å². The van der Waals surface area contributed by atoms with Crippen LogP contribution in [0, 0.1) is 5.92 Å². The average molecular weight is 395 g/mol. The predicted octanol–water partition coefficient (Wildman–Crippen LogP) is 4.87. The van der Waals surface area contributed by atoms with Crippen molar-refractivity contribution in [3.63, 3.8) is 0 Å². The molecule has 2 heterocycles. The van der Waals surface area contributed by atoms with Crippen LogP contribution in [0.1, 0.15) is 25.7 Å². The van der Waals surface area contributed by atoms with E-state index in [1.54, 1.807) is 6.07 Å². The third-order valence-electron chi connectivity index (χ3n) is 5.53. The van der Waals surface area contributed by atoms with E-state index < -0.39 is 5.92 Å². The fourth-order valence-electron chi connectivity index (χ4n) is 3.88. The monoisotopic (exact) mass is 395 g/mol. The van der Waals surface area contributed by atoms with E-state index in [2.05, 4.69) is 25.5 Å². The van der Waals surface area contributed by atoms with Gasteiger partial charge in [-0.25, -0.2) is 13.8 Å². The first-order valence-corrected chi connectivity index (χ1v) is 9.60. The van der Waals surface area contributed by atoms with Crippen molar-refractivity contribution >= 4 is 33.5 Å². The molecule has 1 saturated carbocycles. The van der Waals surface area contributed by atoms with Gasteiger partial charge in [0.25, 0.3) is 0 Å². The zero-order chi connectivity index (χ0) is 20.0. The molecule has 1 aliphatic rings. The number of aromatic nitrogens is 4. The normalized spacial score (nSPS) is 17.0. The molecule has 1 amide bonds. The molecule has 0 radical (unpaired) electrons. The molecule has 1 fully saturated rings. The second kappa shape index (κ2) is 6.65. The summed E-state index contributed by atoms with van der Waals surface area (Å²) < 4.78 is 26.7. The highest BCUT2D eigenvalue weighted by Gasteiger charge is 2.37.